The van der Waals surface area contributed by atoms with Crippen molar-refractivity contribution in [1.29, 1.82) is 0 Å². The molecule has 1 aromatic carbocycles. The number of nitrogens with two attached hydrogens (primary N) is 1. The lowest BCUT2D eigenvalue weighted by atomic mass is 10.1. The Morgan fingerprint density at radius 2 is 2.14 bits per heavy atom. The van der Waals surface area contributed by atoms with Crippen LogP contribution in [0.25, 0.3) is 11.0 Å². The van der Waals surface area contributed by atoms with Gasteiger partial charge in [0.25, 0.3) is 0 Å². The molecule has 2 N–H and O–H groups in total. The van der Waals surface area contributed by atoms with E-state index < -0.39 is 0 Å². The van der Waals surface area contributed by atoms with Gasteiger partial charge in [-0.05, 0) is 12.3 Å². The highest BCUT2D eigenvalue weighted by Gasteiger charge is 2.11. The highest BCUT2D eigenvalue weighted by molar-refractivity contribution is 7.97. The molecule has 0 saturated heterocycles. The molecule has 1 heterocycles. The first-order valence-electron chi connectivity index (χ1n) is 4.55. The second-order valence-electron chi connectivity index (χ2n) is 3.14. The van der Waals surface area contributed by atoms with E-state index in [4.69, 9.17) is 10.2 Å². The van der Waals surface area contributed by atoms with Gasteiger partial charge in [-0.3, -0.25) is 0 Å². The van der Waals surface area contributed by atoms with Crippen LogP contribution in [0.3, 0.4) is 0 Å². The second-order valence-corrected chi connectivity index (χ2v) is 4.00. The Labute approximate surface area is 87.5 Å². The fourth-order valence-electron chi connectivity index (χ4n) is 1.62. The number of hydrogen-bond donors (Lipinski definition) is 1. The summed E-state index contributed by atoms with van der Waals surface area (Å²) >= 11 is 1.79. The predicted molar refractivity (Wildman–Crippen MR) is 61.3 cm³/mol. The van der Waals surface area contributed by atoms with Crippen LogP contribution in [0.4, 0.5) is 0 Å². The molecule has 0 aliphatic rings. The minimum absolute atomic E-state index is 0.477. The largest absolute Gasteiger partial charge is 0.459 e. The van der Waals surface area contributed by atoms with Gasteiger partial charge in [0.05, 0.1) is 6.54 Å². The van der Waals surface area contributed by atoms with Crippen LogP contribution in [0.5, 0.6) is 0 Å². The van der Waals surface area contributed by atoms with Crippen molar-refractivity contribution in [3.8, 4) is 0 Å². The van der Waals surface area contributed by atoms with Gasteiger partial charge in [0.1, 0.15) is 11.3 Å². The van der Waals surface area contributed by atoms with Gasteiger partial charge in [0, 0.05) is 16.7 Å². The van der Waals surface area contributed by atoms with Gasteiger partial charge in [-0.2, -0.15) is 11.8 Å². The topological polar surface area (TPSA) is 39.2 Å². The van der Waals surface area contributed by atoms with Crippen molar-refractivity contribution in [2.45, 2.75) is 12.3 Å². The predicted octanol–water partition coefficient (Wildman–Crippen LogP) is 2.75. The van der Waals surface area contributed by atoms with Crippen LogP contribution in [0, 0.1) is 0 Å². The molecule has 2 rings (SSSR count). The van der Waals surface area contributed by atoms with Gasteiger partial charge >= 0.3 is 0 Å². The summed E-state index contributed by atoms with van der Waals surface area (Å²) in [4.78, 5) is 0. The molecule has 0 atom stereocenters. The number of hydrogen-bond acceptors (Lipinski definition) is 3. The van der Waals surface area contributed by atoms with E-state index in [9.17, 15) is 0 Å². The van der Waals surface area contributed by atoms with Crippen LogP contribution >= 0.6 is 11.8 Å². The average molecular weight is 207 g/mol. The van der Waals surface area contributed by atoms with Crippen molar-refractivity contribution >= 4 is 22.7 Å². The summed E-state index contributed by atoms with van der Waals surface area (Å²) < 4.78 is 5.66. The smallest absolute Gasteiger partial charge is 0.134 e. The van der Waals surface area contributed by atoms with Crippen molar-refractivity contribution in [1.82, 2.24) is 0 Å². The first-order chi connectivity index (χ1) is 6.86. The first-order valence-corrected chi connectivity index (χ1v) is 5.94. The zero-order chi connectivity index (χ0) is 9.97. The molecule has 1 aromatic heterocycles. The molecule has 0 radical (unpaired) electrons. The molecule has 2 aromatic rings. The Hall–Kier alpha value is -0.930. The SMILES string of the molecule is CSCc1c(CN)oc2ccccc12. The van der Waals surface area contributed by atoms with Gasteiger partial charge in [0.2, 0.25) is 0 Å². The zero-order valence-electron chi connectivity index (χ0n) is 8.12. The normalized spacial score (nSPS) is 11.0. The van der Waals surface area contributed by atoms with E-state index in [-0.39, 0.29) is 0 Å². The molecular weight excluding hydrogens is 194 g/mol. The Morgan fingerprint density at radius 1 is 1.36 bits per heavy atom. The van der Waals surface area contributed by atoms with Crippen LogP contribution in [-0.4, -0.2) is 6.26 Å². The molecule has 74 valence electrons. The van der Waals surface area contributed by atoms with Crippen LogP contribution in [-0.2, 0) is 12.3 Å². The molecule has 0 aliphatic carbocycles. The van der Waals surface area contributed by atoms with Crippen LogP contribution in [0.15, 0.2) is 28.7 Å². The maximum Gasteiger partial charge on any atom is 0.134 e. The van der Waals surface area contributed by atoms with Crippen LogP contribution < -0.4 is 5.73 Å². The van der Waals surface area contributed by atoms with Crippen molar-refractivity contribution in [3.63, 3.8) is 0 Å². The Kier molecular flexibility index (Phi) is 2.79. The molecule has 0 spiro atoms. The van der Waals surface area contributed by atoms with Gasteiger partial charge in [0.15, 0.2) is 0 Å². The quantitative estimate of drug-likeness (QED) is 0.841. The molecule has 3 heteroatoms. The van der Waals surface area contributed by atoms with Crippen molar-refractivity contribution in [2.24, 2.45) is 5.73 Å². The van der Waals surface area contributed by atoms with E-state index in [1.807, 2.05) is 18.2 Å². The first kappa shape index (κ1) is 9.62. The molecule has 0 unspecified atom stereocenters. The highest BCUT2D eigenvalue weighted by Crippen LogP contribution is 2.28. The minimum atomic E-state index is 0.477. The third kappa shape index (κ3) is 1.53. The van der Waals surface area contributed by atoms with Gasteiger partial charge in [-0.25, -0.2) is 0 Å². The van der Waals surface area contributed by atoms with E-state index in [1.165, 1.54) is 10.9 Å². The summed E-state index contributed by atoms with van der Waals surface area (Å²) in [6.07, 6.45) is 2.09. The lowest BCUT2D eigenvalue weighted by molar-refractivity contribution is 0.548. The van der Waals surface area contributed by atoms with E-state index in [2.05, 4.69) is 12.3 Å². The third-order valence-corrected chi connectivity index (χ3v) is 2.83. The Balaban J connectivity index is 2.61. The Morgan fingerprint density at radius 3 is 2.86 bits per heavy atom. The van der Waals surface area contributed by atoms with E-state index in [0.717, 1.165) is 17.1 Å². The van der Waals surface area contributed by atoms with Crippen LogP contribution in [0.1, 0.15) is 11.3 Å². The molecule has 0 fully saturated rings. The maximum absolute atomic E-state index is 5.66. The number of thioether (sulfide) groups is 1. The van der Waals surface area contributed by atoms with E-state index in [0.29, 0.717) is 6.54 Å². The monoisotopic (exact) mass is 207 g/mol. The summed E-state index contributed by atoms with van der Waals surface area (Å²) in [5.41, 5.74) is 7.83. The molecule has 14 heavy (non-hydrogen) atoms. The summed E-state index contributed by atoms with van der Waals surface area (Å²) in [5.74, 6) is 1.88. The fourth-order valence-corrected chi connectivity index (χ4v) is 2.22. The molecule has 2 nitrogen and oxygen atoms in total. The summed E-state index contributed by atoms with van der Waals surface area (Å²) in [6, 6.07) is 8.08. The number of furan rings is 1. The number of rotatable bonds is 3. The number of benzene rings is 1. The van der Waals surface area contributed by atoms with E-state index >= 15 is 0 Å². The molecular formula is C11H13NOS. The highest BCUT2D eigenvalue weighted by atomic mass is 32.2. The summed E-state index contributed by atoms with van der Waals surface area (Å²) in [5, 5.41) is 1.20. The number of fused-ring (bicyclic) bond motifs is 1. The molecule has 0 aliphatic heterocycles. The lowest BCUT2D eigenvalue weighted by Crippen LogP contribution is -1.97. The lowest BCUT2D eigenvalue weighted by Gasteiger charge is -1.97. The van der Waals surface area contributed by atoms with Crippen molar-refractivity contribution in [3.05, 3.63) is 35.6 Å². The van der Waals surface area contributed by atoms with Gasteiger partial charge < -0.3 is 10.2 Å². The molecule has 0 saturated carbocycles. The van der Waals surface area contributed by atoms with Crippen molar-refractivity contribution in [2.75, 3.05) is 6.26 Å². The van der Waals surface area contributed by atoms with Gasteiger partial charge in [-0.1, -0.05) is 18.2 Å². The average Bonchev–Trinajstić information content (AvgIpc) is 2.58. The third-order valence-electron chi connectivity index (χ3n) is 2.26. The minimum Gasteiger partial charge on any atom is -0.459 e. The standard InChI is InChI=1S/C11H13NOS/c1-14-7-9-8-4-2-3-5-10(8)13-11(9)6-12/h2-5H,6-7,12H2,1H3. The zero-order valence-corrected chi connectivity index (χ0v) is 8.93. The van der Waals surface area contributed by atoms with Crippen molar-refractivity contribution < 1.29 is 4.42 Å². The number of para-hydroxylation sites is 1. The molecule has 0 bridgehead atoms. The van der Waals surface area contributed by atoms with E-state index in [1.54, 1.807) is 11.8 Å². The molecule has 0 amide bonds. The second kappa shape index (κ2) is 4.07. The van der Waals surface area contributed by atoms with Gasteiger partial charge in [-0.15, -0.1) is 0 Å². The fraction of sp³-hybridized carbons (Fsp3) is 0.273. The van der Waals surface area contributed by atoms with Crippen LogP contribution in [0.2, 0.25) is 0 Å². The summed E-state index contributed by atoms with van der Waals surface area (Å²) in [6.45, 7) is 0.477. The summed E-state index contributed by atoms with van der Waals surface area (Å²) in [7, 11) is 0. The Bertz CT molecular complexity index is 436. The maximum atomic E-state index is 5.66.